The molecule has 0 aromatic heterocycles. The van der Waals surface area contributed by atoms with Crippen molar-refractivity contribution in [3.05, 3.63) is 11.6 Å². The first-order chi connectivity index (χ1) is 9.59. The Bertz CT molecular complexity index is 429. The third kappa shape index (κ3) is 1.77. The highest BCUT2D eigenvalue weighted by atomic mass is 16.3. The van der Waals surface area contributed by atoms with Gasteiger partial charge in [0.2, 0.25) is 0 Å². The average molecular weight is 276 g/mol. The van der Waals surface area contributed by atoms with Crippen LogP contribution in [0.2, 0.25) is 0 Å². The minimum atomic E-state index is -0.181. The Kier molecular flexibility index (Phi) is 3.05. The van der Waals surface area contributed by atoms with Crippen molar-refractivity contribution in [1.29, 1.82) is 0 Å². The highest BCUT2D eigenvalue weighted by Crippen LogP contribution is 2.61. The fourth-order valence-electron chi connectivity index (χ4n) is 6.28. The first-order valence-electron chi connectivity index (χ1n) is 8.66. The molecule has 3 saturated carbocycles. The zero-order chi connectivity index (χ0) is 13.9. The predicted molar refractivity (Wildman–Crippen MR) is 79.1 cm³/mol. The summed E-state index contributed by atoms with van der Waals surface area (Å²) in [5, 5.41) is 20.3. The maximum atomic E-state index is 10.4. The summed E-state index contributed by atoms with van der Waals surface area (Å²) < 4.78 is 0. The molecule has 4 rings (SSSR count). The van der Waals surface area contributed by atoms with Crippen molar-refractivity contribution in [1.82, 2.24) is 0 Å². The number of hydrogen-bond donors (Lipinski definition) is 2. The van der Waals surface area contributed by atoms with Gasteiger partial charge >= 0.3 is 0 Å². The average Bonchev–Trinajstić information content (AvgIpc) is 2.74. The fraction of sp³-hybridized carbons (Fsp3) is 0.889. The van der Waals surface area contributed by atoms with Crippen LogP contribution in [0.3, 0.4) is 0 Å². The van der Waals surface area contributed by atoms with Crippen LogP contribution in [-0.4, -0.2) is 22.4 Å². The van der Waals surface area contributed by atoms with E-state index in [1.807, 2.05) is 0 Å². The Hall–Kier alpha value is -0.340. The van der Waals surface area contributed by atoms with Gasteiger partial charge in [0.05, 0.1) is 12.2 Å². The minimum absolute atomic E-state index is 0.0569. The molecule has 4 aliphatic rings. The van der Waals surface area contributed by atoms with E-state index in [9.17, 15) is 10.2 Å². The zero-order valence-electron chi connectivity index (χ0n) is 12.6. The molecule has 0 radical (unpaired) electrons. The van der Waals surface area contributed by atoms with Crippen LogP contribution < -0.4 is 0 Å². The van der Waals surface area contributed by atoms with Crippen LogP contribution in [0.25, 0.3) is 0 Å². The molecule has 3 fully saturated rings. The van der Waals surface area contributed by atoms with Crippen LogP contribution in [-0.2, 0) is 0 Å². The van der Waals surface area contributed by atoms with Crippen LogP contribution in [0.1, 0.15) is 58.3 Å². The second-order valence-corrected chi connectivity index (χ2v) is 8.10. The molecule has 4 aliphatic carbocycles. The van der Waals surface area contributed by atoms with E-state index in [0.29, 0.717) is 0 Å². The lowest BCUT2D eigenvalue weighted by molar-refractivity contribution is -0.0548. The summed E-state index contributed by atoms with van der Waals surface area (Å²) in [4.78, 5) is 0. The molecule has 2 N–H and O–H groups in total. The zero-order valence-corrected chi connectivity index (χ0v) is 12.6. The Morgan fingerprint density at radius 1 is 1.00 bits per heavy atom. The maximum Gasteiger partial charge on any atom is 0.0723 e. The molecular weight excluding hydrogens is 248 g/mol. The molecule has 0 aromatic carbocycles. The number of hydrogen-bond acceptors (Lipinski definition) is 2. The fourth-order valence-corrected chi connectivity index (χ4v) is 6.28. The van der Waals surface area contributed by atoms with Crippen LogP contribution in [0.4, 0.5) is 0 Å². The van der Waals surface area contributed by atoms with Gasteiger partial charge in [-0.15, -0.1) is 0 Å². The van der Waals surface area contributed by atoms with E-state index in [-0.39, 0.29) is 17.6 Å². The molecule has 112 valence electrons. The van der Waals surface area contributed by atoms with E-state index in [2.05, 4.69) is 13.0 Å². The maximum absolute atomic E-state index is 10.4. The smallest absolute Gasteiger partial charge is 0.0723 e. The number of rotatable bonds is 0. The molecule has 0 amide bonds. The molecule has 0 aromatic rings. The molecule has 0 aliphatic heterocycles. The van der Waals surface area contributed by atoms with Crippen molar-refractivity contribution < 1.29 is 10.2 Å². The lowest BCUT2D eigenvalue weighted by Crippen LogP contribution is -2.47. The molecule has 0 unspecified atom stereocenters. The Labute approximate surface area is 122 Å². The standard InChI is InChI=1S/C18H28O2/c1-18-9-8-14-13-5-3-12(19)10-11(13)2-4-15(14)16(18)6-7-17(18)20/h10,12-17,19-20H,2-9H2,1H3/t12-,13+,14-,15-,16+,17+,18+/m1/s1. The van der Waals surface area contributed by atoms with Crippen molar-refractivity contribution in [2.75, 3.05) is 0 Å². The molecule has 0 bridgehead atoms. The third-order valence-corrected chi connectivity index (χ3v) is 7.38. The van der Waals surface area contributed by atoms with Crippen molar-refractivity contribution in [2.24, 2.45) is 29.1 Å². The van der Waals surface area contributed by atoms with E-state index in [1.165, 1.54) is 38.5 Å². The third-order valence-electron chi connectivity index (χ3n) is 7.38. The molecule has 20 heavy (non-hydrogen) atoms. The lowest BCUT2D eigenvalue weighted by atomic mass is 9.52. The Morgan fingerprint density at radius 2 is 1.85 bits per heavy atom. The summed E-state index contributed by atoms with van der Waals surface area (Å²) in [6.45, 7) is 2.35. The molecule has 0 heterocycles. The van der Waals surface area contributed by atoms with Crippen LogP contribution in [0.5, 0.6) is 0 Å². The van der Waals surface area contributed by atoms with Crippen LogP contribution in [0.15, 0.2) is 11.6 Å². The molecule has 7 atom stereocenters. The minimum Gasteiger partial charge on any atom is -0.393 e. The quantitative estimate of drug-likeness (QED) is 0.667. The van der Waals surface area contributed by atoms with Gasteiger partial charge in [0, 0.05) is 0 Å². The van der Waals surface area contributed by atoms with Crippen molar-refractivity contribution in [3.63, 3.8) is 0 Å². The second-order valence-electron chi connectivity index (χ2n) is 8.10. The topological polar surface area (TPSA) is 40.5 Å². The lowest BCUT2D eigenvalue weighted by Gasteiger charge is -2.53. The molecule has 2 heteroatoms. The van der Waals surface area contributed by atoms with Gasteiger partial charge in [-0.05, 0) is 80.5 Å². The van der Waals surface area contributed by atoms with Crippen LogP contribution >= 0.6 is 0 Å². The normalized spacial score (nSPS) is 54.6. The molecule has 2 nitrogen and oxygen atoms in total. The highest BCUT2D eigenvalue weighted by molar-refractivity contribution is 5.20. The monoisotopic (exact) mass is 276 g/mol. The number of allylic oxidation sites excluding steroid dienone is 1. The van der Waals surface area contributed by atoms with Crippen LogP contribution in [0, 0.1) is 29.1 Å². The van der Waals surface area contributed by atoms with E-state index in [1.54, 1.807) is 5.57 Å². The summed E-state index contributed by atoms with van der Waals surface area (Å²) in [5.74, 6) is 3.18. The van der Waals surface area contributed by atoms with Crippen molar-refractivity contribution in [3.8, 4) is 0 Å². The molecule has 0 spiro atoms. The van der Waals surface area contributed by atoms with E-state index in [0.717, 1.165) is 36.5 Å². The van der Waals surface area contributed by atoms with Crippen molar-refractivity contribution in [2.45, 2.75) is 70.5 Å². The predicted octanol–water partition coefficient (Wildman–Crippen LogP) is 3.28. The number of aliphatic hydroxyl groups excluding tert-OH is 2. The molecular formula is C18H28O2. The first kappa shape index (κ1) is 13.3. The summed E-state index contributed by atoms with van der Waals surface area (Å²) in [5.41, 5.74) is 1.77. The first-order valence-corrected chi connectivity index (χ1v) is 8.66. The largest absolute Gasteiger partial charge is 0.393 e. The van der Waals surface area contributed by atoms with Gasteiger partial charge in [0.1, 0.15) is 0 Å². The summed E-state index contributed by atoms with van der Waals surface area (Å²) in [6, 6.07) is 0. The van der Waals surface area contributed by atoms with Gasteiger partial charge in [-0.3, -0.25) is 0 Å². The van der Waals surface area contributed by atoms with E-state index in [4.69, 9.17) is 0 Å². The van der Waals surface area contributed by atoms with Gasteiger partial charge in [-0.25, -0.2) is 0 Å². The summed E-state index contributed by atoms with van der Waals surface area (Å²) in [7, 11) is 0. The van der Waals surface area contributed by atoms with Gasteiger partial charge in [0.15, 0.2) is 0 Å². The van der Waals surface area contributed by atoms with Gasteiger partial charge in [-0.1, -0.05) is 18.6 Å². The number of fused-ring (bicyclic) bond motifs is 5. The Morgan fingerprint density at radius 3 is 2.70 bits per heavy atom. The molecule has 0 saturated heterocycles. The van der Waals surface area contributed by atoms with Crippen molar-refractivity contribution >= 4 is 0 Å². The number of aliphatic hydroxyl groups is 2. The Balaban J connectivity index is 1.62. The summed E-state index contributed by atoms with van der Waals surface area (Å²) in [6.07, 6.45) is 11.4. The summed E-state index contributed by atoms with van der Waals surface area (Å²) >= 11 is 0. The van der Waals surface area contributed by atoms with Gasteiger partial charge < -0.3 is 10.2 Å². The van der Waals surface area contributed by atoms with Gasteiger partial charge in [0.25, 0.3) is 0 Å². The SMILES string of the molecule is C[C@]12CC[C@H]3[C@@H](CCC4=C[C@H](O)CC[C@@H]43)[C@@H]1CC[C@@H]2O. The highest BCUT2D eigenvalue weighted by Gasteiger charge is 2.55. The second kappa shape index (κ2) is 4.58. The van der Waals surface area contributed by atoms with E-state index < -0.39 is 0 Å². The van der Waals surface area contributed by atoms with E-state index >= 15 is 0 Å². The van der Waals surface area contributed by atoms with Gasteiger partial charge in [-0.2, -0.15) is 0 Å².